The van der Waals surface area contributed by atoms with Gasteiger partial charge in [0.1, 0.15) is 11.8 Å². The minimum absolute atomic E-state index is 0.0523. The van der Waals surface area contributed by atoms with Crippen molar-refractivity contribution < 1.29 is 15.0 Å². The molecule has 0 aliphatic carbocycles. The average molecular weight is 225 g/mol. The van der Waals surface area contributed by atoms with Crippen molar-refractivity contribution in [2.45, 2.75) is 18.6 Å². The highest BCUT2D eigenvalue weighted by atomic mass is 16.3. The van der Waals surface area contributed by atoms with Crippen LogP contribution in [0, 0.1) is 0 Å². The molecule has 1 amide bonds. The fraction of sp³-hybridized carbons (Fsp3) is 0.400. The van der Waals surface area contributed by atoms with E-state index in [9.17, 15) is 15.0 Å². The Labute approximate surface area is 92.9 Å². The van der Waals surface area contributed by atoms with Crippen molar-refractivity contribution >= 4 is 5.91 Å². The topological polar surface area (TPSA) is 122 Å². The third kappa shape index (κ3) is 2.99. The second kappa shape index (κ2) is 5.55. The summed E-state index contributed by atoms with van der Waals surface area (Å²) in [4.78, 5) is 14.7. The summed E-state index contributed by atoms with van der Waals surface area (Å²) in [6, 6.07) is 4.49. The molecule has 6 nitrogen and oxygen atoms in total. The molecule has 0 aliphatic rings. The van der Waals surface area contributed by atoms with Gasteiger partial charge in [-0.25, -0.2) is 4.98 Å². The second-order valence-electron chi connectivity index (χ2n) is 3.40. The minimum Gasteiger partial charge on any atom is -0.390 e. The van der Waals surface area contributed by atoms with Crippen LogP contribution in [0.2, 0.25) is 0 Å². The molecule has 0 radical (unpaired) electrons. The summed E-state index contributed by atoms with van der Waals surface area (Å²) in [7, 11) is 0. The zero-order valence-corrected chi connectivity index (χ0v) is 8.71. The van der Waals surface area contributed by atoms with Gasteiger partial charge in [-0.15, -0.1) is 0 Å². The van der Waals surface area contributed by atoms with Crippen LogP contribution in [0.25, 0.3) is 0 Å². The lowest BCUT2D eigenvalue weighted by Crippen LogP contribution is -2.23. The molecule has 0 aliphatic heterocycles. The summed E-state index contributed by atoms with van der Waals surface area (Å²) in [5, 5.41) is 19.2. The van der Waals surface area contributed by atoms with Crippen LogP contribution < -0.4 is 11.5 Å². The first-order valence-electron chi connectivity index (χ1n) is 4.89. The third-order valence-electron chi connectivity index (χ3n) is 2.15. The molecular weight excluding hydrogens is 210 g/mol. The van der Waals surface area contributed by atoms with E-state index in [1.807, 2.05) is 0 Å². The van der Waals surface area contributed by atoms with Crippen molar-refractivity contribution in [1.29, 1.82) is 0 Å². The maximum absolute atomic E-state index is 10.9. The number of amides is 1. The Morgan fingerprint density at radius 1 is 1.44 bits per heavy atom. The molecule has 2 unspecified atom stereocenters. The second-order valence-corrected chi connectivity index (χ2v) is 3.40. The molecule has 0 bridgehead atoms. The number of aromatic nitrogens is 1. The largest absolute Gasteiger partial charge is 0.390 e. The standard InChI is InChI=1S/C10H15N3O3/c11-5-4-8(14)9(15)6-2-1-3-7(13-6)10(12)16/h1-3,8-9,14-15H,4-5,11H2,(H2,12,16). The molecule has 1 aromatic heterocycles. The molecule has 1 heterocycles. The summed E-state index contributed by atoms with van der Waals surface area (Å²) in [5.41, 5.74) is 10.6. The molecule has 0 spiro atoms. The highest BCUT2D eigenvalue weighted by Crippen LogP contribution is 2.16. The van der Waals surface area contributed by atoms with Crippen molar-refractivity contribution in [1.82, 2.24) is 4.98 Å². The number of primary amides is 1. The van der Waals surface area contributed by atoms with E-state index in [2.05, 4.69) is 4.98 Å². The molecule has 0 saturated carbocycles. The normalized spacial score (nSPS) is 14.4. The number of nitrogens with zero attached hydrogens (tertiary/aromatic N) is 1. The summed E-state index contributed by atoms with van der Waals surface area (Å²) < 4.78 is 0. The van der Waals surface area contributed by atoms with Crippen molar-refractivity contribution in [3.05, 3.63) is 29.6 Å². The van der Waals surface area contributed by atoms with Gasteiger partial charge in [0.05, 0.1) is 11.8 Å². The van der Waals surface area contributed by atoms with Gasteiger partial charge in [0, 0.05) is 0 Å². The molecule has 1 rings (SSSR count). The maximum atomic E-state index is 10.9. The Morgan fingerprint density at radius 3 is 2.69 bits per heavy atom. The lowest BCUT2D eigenvalue weighted by Gasteiger charge is -2.16. The molecule has 6 heteroatoms. The Morgan fingerprint density at radius 2 is 2.12 bits per heavy atom. The van der Waals surface area contributed by atoms with Gasteiger partial charge < -0.3 is 21.7 Å². The highest BCUT2D eigenvalue weighted by Gasteiger charge is 2.19. The van der Waals surface area contributed by atoms with Gasteiger partial charge >= 0.3 is 0 Å². The lowest BCUT2D eigenvalue weighted by molar-refractivity contribution is 0.0124. The van der Waals surface area contributed by atoms with Gasteiger partial charge in [-0.2, -0.15) is 0 Å². The Hall–Kier alpha value is -1.50. The van der Waals surface area contributed by atoms with Gasteiger partial charge in [-0.05, 0) is 25.1 Å². The summed E-state index contributed by atoms with van der Waals surface area (Å²) >= 11 is 0. The predicted octanol–water partition coefficient (Wildman–Crippen LogP) is -1.08. The van der Waals surface area contributed by atoms with Crippen LogP contribution in [0.5, 0.6) is 0 Å². The zero-order valence-electron chi connectivity index (χ0n) is 8.71. The van der Waals surface area contributed by atoms with Crippen LogP contribution in [-0.4, -0.2) is 33.8 Å². The summed E-state index contributed by atoms with van der Waals surface area (Å²) in [6.07, 6.45) is -1.91. The number of carbonyl (C=O) groups excluding carboxylic acids is 1. The number of rotatable bonds is 5. The molecule has 88 valence electrons. The molecule has 6 N–H and O–H groups in total. The molecule has 2 atom stereocenters. The number of hydrogen-bond acceptors (Lipinski definition) is 5. The van der Waals surface area contributed by atoms with Crippen LogP contribution >= 0.6 is 0 Å². The number of aliphatic hydroxyl groups excluding tert-OH is 2. The molecule has 0 aromatic carbocycles. The van der Waals surface area contributed by atoms with E-state index >= 15 is 0 Å². The number of carbonyl (C=O) groups is 1. The lowest BCUT2D eigenvalue weighted by atomic mass is 10.1. The smallest absolute Gasteiger partial charge is 0.267 e. The van der Waals surface area contributed by atoms with Crippen molar-refractivity contribution in [3.63, 3.8) is 0 Å². The van der Waals surface area contributed by atoms with Gasteiger partial charge in [-0.3, -0.25) is 4.79 Å². The van der Waals surface area contributed by atoms with E-state index in [1.165, 1.54) is 12.1 Å². The number of pyridine rings is 1. The van der Waals surface area contributed by atoms with Crippen molar-refractivity contribution in [2.24, 2.45) is 11.5 Å². The van der Waals surface area contributed by atoms with Crippen molar-refractivity contribution in [3.8, 4) is 0 Å². The third-order valence-corrected chi connectivity index (χ3v) is 2.15. The van der Waals surface area contributed by atoms with Crippen LogP contribution in [0.15, 0.2) is 18.2 Å². The Balaban J connectivity index is 2.86. The van der Waals surface area contributed by atoms with E-state index in [0.717, 1.165) is 0 Å². The number of aliphatic hydroxyl groups is 2. The van der Waals surface area contributed by atoms with Crippen LogP contribution in [0.4, 0.5) is 0 Å². The van der Waals surface area contributed by atoms with Gasteiger partial charge in [-0.1, -0.05) is 6.07 Å². The molecular formula is C10H15N3O3. The predicted molar refractivity (Wildman–Crippen MR) is 57.4 cm³/mol. The van der Waals surface area contributed by atoms with E-state index < -0.39 is 18.1 Å². The fourth-order valence-corrected chi connectivity index (χ4v) is 1.28. The average Bonchev–Trinajstić information content (AvgIpc) is 2.28. The summed E-state index contributed by atoms with van der Waals surface area (Å²) in [6.45, 7) is 0.258. The first kappa shape index (κ1) is 12.6. The van der Waals surface area contributed by atoms with Gasteiger partial charge in [0.25, 0.3) is 5.91 Å². The first-order chi connectivity index (χ1) is 7.56. The first-order valence-corrected chi connectivity index (χ1v) is 4.89. The quantitative estimate of drug-likeness (QED) is 0.508. The van der Waals surface area contributed by atoms with E-state index in [1.54, 1.807) is 6.07 Å². The monoisotopic (exact) mass is 225 g/mol. The van der Waals surface area contributed by atoms with E-state index in [0.29, 0.717) is 0 Å². The minimum atomic E-state index is -1.16. The van der Waals surface area contributed by atoms with Gasteiger partial charge in [0.15, 0.2) is 0 Å². The van der Waals surface area contributed by atoms with Crippen LogP contribution in [-0.2, 0) is 0 Å². The maximum Gasteiger partial charge on any atom is 0.267 e. The molecule has 1 aromatic rings. The Bertz CT molecular complexity index is 370. The molecule has 0 saturated heterocycles. The van der Waals surface area contributed by atoms with Crippen LogP contribution in [0.3, 0.4) is 0 Å². The summed E-state index contributed by atoms with van der Waals surface area (Å²) in [5.74, 6) is -0.678. The van der Waals surface area contributed by atoms with Crippen molar-refractivity contribution in [2.75, 3.05) is 6.54 Å². The van der Waals surface area contributed by atoms with Crippen LogP contribution in [0.1, 0.15) is 28.7 Å². The SMILES string of the molecule is NCCC(O)C(O)c1cccc(C(N)=O)n1. The zero-order chi connectivity index (χ0) is 12.1. The number of hydrogen-bond donors (Lipinski definition) is 4. The van der Waals surface area contributed by atoms with E-state index in [-0.39, 0.29) is 24.4 Å². The van der Waals surface area contributed by atoms with E-state index in [4.69, 9.17) is 11.5 Å². The highest BCUT2D eigenvalue weighted by molar-refractivity contribution is 5.90. The van der Waals surface area contributed by atoms with Gasteiger partial charge in [0.2, 0.25) is 0 Å². The Kier molecular flexibility index (Phi) is 4.36. The molecule has 0 fully saturated rings. The number of nitrogens with two attached hydrogens (primary N) is 2. The fourth-order valence-electron chi connectivity index (χ4n) is 1.28. The molecule has 16 heavy (non-hydrogen) atoms.